The molecule has 0 aromatic carbocycles. The van der Waals surface area contributed by atoms with Gasteiger partial charge in [-0.05, 0) is 62.9 Å². The lowest BCUT2D eigenvalue weighted by molar-refractivity contribution is 0.125. The fourth-order valence-electron chi connectivity index (χ4n) is 4.10. The fraction of sp³-hybridized carbons (Fsp3) is 0.476. The van der Waals surface area contributed by atoms with Crippen LogP contribution in [0.2, 0.25) is 0 Å². The average molecular weight is 412 g/mol. The summed E-state index contributed by atoms with van der Waals surface area (Å²) in [7, 11) is 2.24. The molecule has 29 heavy (non-hydrogen) atoms. The highest BCUT2D eigenvalue weighted by Gasteiger charge is 2.31. The molecule has 2 unspecified atom stereocenters. The maximum absolute atomic E-state index is 4.76. The highest BCUT2D eigenvalue weighted by atomic mass is 32.1. The first-order chi connectivity index (χ1) is 14.3. The molecule has 4 heterocycles. The summed E-state index contributed by atoms with van der Waals surface area (Å²) in [5.74, 6) is 2.23. The van der Waals surface area contributed by atoms with Gasteiger partial charge in [0.1, 0.15) is 6.54 Å². The number of piperidine rings is 1. The van der Waals surface area contributed by atoms with Crippen LogP contribution in [0.4, 0.5) is 0 Å². The number of pyridine rings is 1. The van der Waals surface area contributed by atoms with Crippen LogP contribution in [0.3, 0.4) is 0 Å². The Bertz CT molecular complexity index is 934. The van der Waals surface area contributed by atoms with E-state index in [1.54, 1.807) is 0 Å². The second-order valence-corrected chi connectivity index (χ2v) is 8.44. The van der Waals surface area contributed by atoms with Crippen molar-refractivity contribution in [1.82, 2.24) is 30.1 Å². The summed E-state index contributed by atoms with van der Waals surface area (Å²) in [6.45, 7) is 5.46. The van der Waals surface area contributed by atoms with Crippen LogP contribution in [0.25, 0.3) is 5.65 Å². The molecule has 154 valence electrons. The van der Waals surface area contributed by atoms with Crippen molar-refractivity contribution < 1.29 is 0 Å². The number of thiophene rings is 1. The maximum Gasteiger partial charge on any atom is 0.191 e. The quantitative estimate of drug-likeness (QED) is 0.482. The van der Waals surface area contributed by atoms with Crippen molar-refractivity contribution in [3.05, 3.63) is 52.6 Å². The molecule has 0 aliphatic carbocycles. The molecular weight excluding hydrogens is 382 g/mol. The molecule has 0 radical (unpaired) electrons. The van der Waals surface area contributed by atoms with Gasteiger partial charge in [-0.3, -0.25) is 9.30 Å². The molecule has 2 atom stereocenters. The Morgan fingerprint density at radius 1 is 1.24 bits per heavy atom. The second-order valence-electron chi connectivity index (χ2n) is 7.46. The van der Waals surface area contributed by atoms with E-state index >= 15 is 0 Å². The van der Waals surface area contributed by atoms with E-state index in [-0.39, 0.29) is 0 Å². The third kappa shape index (κ3) is 4.59. The van der Waals surface area contributed by atoms with Crippen LogP contribution < -0.4 is 10.6 Å². The van der Waals surface area contributed by atoms with Gasteiger partial charge in [0.2, 0.25) is 0 Å². The summed E-state index contributed by atoms with van der Waals surface area (Å²) in [6, 6.07) is 10.8. The van der Waals surface area contributed by atoms with Crippen LogP contribution in [0.1, 0.15) is 36.5 Å². The normalized spacial score (nSPS) is 20.8. The summed E-state index contributed by atoms with van der Waals surface area (Å²) < 4.78 is 1.98. The standard InChI is InChI=1S/C21H29N7S/c1-3-22-21(24-15-19-26-25-18-10-4-5-12-28(18)19)23-14-16-8-6-11-27(2)20(16)17-9-7-13-29-17/h4-5,7,9-10,12-13,16,20H,3,6,8,11,14-15H2,1-2H3,(H2,22,23,24). The number of likely N-dealkylation sites (tertiary alicyclic amines) is 1. The molecule has 4 rings (SSSR count). The largest absolute Gasteiger partial charge is 0.357 e. The highest BCUT2D eigenvalue weighted by Crippen LogP contribution is 2.36. The second kappa shape index (κ2) is 9.37. The number of aromatic nitrogens is 3. The minimum Gasteiger partial charge on any atom is -0.357 e. The predicted octanol–water partition coefficient (Wildman–Crippen LogP) is 2.93. The summed E-state index contributed by atoms with van der Waals surface area (Å²) in [5.41, 5.74) is 0.847. The van der Waals surface area contributed by atoms with Gasteiger partial charge in [0, 0.05) is 30.2 Å². The molecule has 8 heteroatoms. The van der Waals surface area contributed by atoms with E-state index in [4.69, 9.17) is 4.99 Å². The third-order valence-electron chi connectivity index (χ3n) is 5.48. The Morgan fingerprint density at radius 2 is 2.17 bits per heavy atom. The van der Waals surface area contributed by atoms with Gasteiger partial charge in [-0.1, -0.05) is 12.1 Å². The summed E-state index contributed by atoms with van der Waals surface area (Å²) in [4.78, 5) is 8.71. The Hall–Kier alpha value is -2.45. The number of hydrogen-bond acceptors (Lipinski definition) is 5. The SMILES string of the molecule is CCNC(=NCc1nnc2ccccn12)NCC1CCCN(C)C1c1cccs1. The molecule has 1 fully saturated rings. The van der Waals surface area contributed by atoms with Crippen LogP contribution in [-0.4, -0.2) is 52.1 Å². The van der Waals surface area contributed by atoms with Crippen molar-refractivity contribution in [3.8, 4) is 0 Å². The van der Waals surface area contributed by atoms with Crippen LogP contribution in [0.15, 0.2) is 46.9 Å². The van der Waals surface area contributed by atoms with Gasteiger partial charge >= 0.3 is 0 Å². The smallest absolute Gasteiger partial charge is 0.191 e. The van der Waals surface area contributed by atoms with Gasteiger partial charge in [0.15, 0.2) is 17.4 Å². The molecule has 7 nitrogen and oxygen atoms in total. The number of rotatable bonds is 6. The first-order valence-corrected chi connectivity index (χ1v) is 11.2. The van der Waals surface area contributed by atoms with E-state index in [0.717, 1.165) is 37.1 Å². The number of guanidine groups is 1. The van der Waals surface area contributed by atoms with Gasteiger partial charge in [-0.2, -0.15) is 0 Å². The molecule has 2 N–H and O–H groups in total. The lowest BCUT2D eigenvalue weighted by atomic mass is 9.88. The van der Waals surface area contributed by atoms with E-state index in [2.05, 4.69) is 57.2 Å². The van der Waals surface area contributed by atoms with Crippen molar-refractivity contribution in [2.45, 2.75) is 32.4 Å². The minimum atomic E-state index is 0.472. The predicted molar refractivity (Wildman–Crippen MR) is 118 cm³/mol. The van der Waals surface area contributed by atoms with E-state index in [1.165, 1.54) is 17.7 Å². The molecule has 3 aromatic rings. The van der Waals surface area contributed by atoms with Gasteiger partial charge in [-0.25, -0.2) is 4.99 Å². The number of nitrogens with zero attached hydrogens (tertiary/aromatic N) is 5. The van der Waals surface area contributed by atoms with E-state index in [0.29, 0.717) is 18.5 Å². The molecule has 1 aliphatic heterocycles. The first-order valence-electron chi connectivity index (χ1n) is 10.3. The Balaban J connectivity index is 1.44. The average Bonchev–Trinajstić information content (AvgIpc) is 3.40. The number of fused-ring (bicyclic) bond motifs is 1. The fourth-order valence-corrected chi connectivity index (χ4v) is 5.08. The van der Waals surface area contributed by atoms with Gasteiger partial charge < -0.3 is 10.6 Å². The van der Waals surface area contributed by atoms with Crippen molar-refractivity contribution in [3.63, 3.8) is 0 Å². The summed E-state index contributed by atoms with van der Waals surface area (Å²) >= 11 is 1.86. The van der Waals surface area contributed by atoms with Crippen LogP contribution in [0, 0.1) is 5.92 Å². The number of aliphatic imine (C=N–C) groups is 1. The minimum absolute atomic E-state index is 0.472. The Labute approximate surface area is 175 Å². The molecule has 0 spiro atoms. The van der Waals surface area contributed by atoms with Gasteiger partial charge in [0.25, 0.3) is 0 Å². The van der Waals surface area contributed by atoms with E-state index < -0.39 is 0 Å². The Morgan fingerprint density at radius 3 is 3.00 bits per heavy atom. The molecule has 1 aliphatic rings. The number of hydrogen-bond donors (Lipinski definition) is 2. The van der Waals surface area contributed by atoms with Crippen LogP contribution >= 0.6 is 11.3 Å². The molecule has 3 aromatic heterocycles. The monoisotopic (exact) mass is 411 g/mol. The van der Waals surface area contributed by atoms with Crippen molar-refractivity contribution in [1.29, 1.82) is 0 Å². The first kappa shape index (κ1) is 19.8. The van der Waals surface area contributed by atoms with E-state index in [1.807, 2.05) is 40.1 Å². The Kier molecular flexibility index (Phi) is 6.41. The molecular formula is C21H29N7S. The molecule has 0 saturated carbocycles. The topological polar surface area (TPSA) is 69.8 Å². The van der Waals surface area contributed by atoms with Crippen LogP contribution in [-0.2, 0) is 6.54 Å². The summed E-state index contributed by atoms with van der Waals surface area (Å²) in [6.07, 6.45) is 4.45. The zero-order valence-corrected chi connectivity index (χ0v) is 17.9. The zero-order valence-electron chi connectivity index (χ0n) is 17.1. The van der Waals surface area contributed by atoms with Gasteiger partial charge in [-0.15, -0.1) is 21.5 Å². The zero-order chi connectivity index (χ0) is 20.1. The van der Waals surface area contributed by atoms with Crippen molar-refractivity contribution >= 4 is 22.9 Å². The maximum atomic E-state index is 4.76. The molecule has 0 bridgehead atoms. The van der Waals surface area contributed by atoms with Gasteiger partial charge in [0.05, 0.1) is 0 Å². The molecule has 1 saturated heterocycles. The lowest BCUT2D eigenvalue weighted by Crippen LogP contribution is -2.44. The van der Waals surface area contributed by atoms with Crippen molar-refractivity contribution in [2.75, 3.05) is 26.7 Å². The van der Waals surface area contributed by atoms with Crippen molar-refractivity contribution in [2.24, 2.45) is 10.9 Å². The third-order valence-corrected chi connectivity index (χ3v) is 6.42. The molecule has 0 amide bonds. The lowest BCUT2D eigenvalue weighted by Gasteiger charge is -2.39. The van der Waals surface area contributed by atoms with E-state index in [9.17, 15) is 0 Å². The number of nitrogens with one attached hydrogen (secondary N) is 2. The summed E-state index contributed by atoms with van der Waals surface area (Å²) in [5, 5.41) is 17.6. The highest BCUT2D eigenvalue weighted by molar-refractivity contribution is 7.10. The van der Waals surface area contributed by atoms with Crippen LogP contribution in [0.5, 0.6) is 0 Å².